The van der Waals surface area contributed by atoms with Gasteiger partial charge in [-0.25, -0.2) is 0 Å². The van der Waals surface area contributed by atoms with Crippen LogP contribution in [0.2, 0.25) is 0 Å². The number of aliphatic imine (C=N–C) groups is 1. The third-order valence-corrected chi connectivity index (χ3v) is 5.52. The summed E-state index contributed by atoms with van der Waals surface area (Å²) in [4.78, 5) is 9.12. The minimum absolute atomic E-state index is 0. The number of nitrogens with one attached hydrogen (secondary N) is 1. The molecule has 6 nitrogen and oxygen atoms in total. The monoisotopic (exact) mass is 502 g/mol. The Morgan fingerprint density at radius 3 is 2.61 bits per heavy atom. The van der Waals surface area contributed by atoms with Gasteiger partial charge in [-0.15, -0.1) is 24.0 Å². The van der Waals surface area contributed by atoms with Gasteiger partial charge in [-0.3, -0.25) is 4.99 Å². The van der Waals surface area contributed by atoms with Gasteiger partial charge >= 0.3 is 0 Å². The first kappa shape index (κ1) is 23.4. The van der Waals surface area contributed by atoms with Crippen LogP contribution in [0.3, 0.4) is 0 Å². The van der Waals surface area contributed by atoms with Crippen LogP contribution < -0.4 is 5.32 Å². The van der Waals surface area contributed by atoms with Crippen LogP contribution >= 0.6 is 24.0 Å². The van der Waals surface area contributed by atoms with Gasteiger partial charge in [0, 0.05) is 39.3 Å². The van der Waals surface area contributed by atoms with Crippen molar-refractivity contribution in [2.45, 2.75) is 37.5 Å². The Bertz CT molecular complexity index is 593. The number of rotatable bonds is 6. The fraction of sp³-hybridized carbons (Fsp3) is 0.667. The first-order chi connectivity index (χ1) is 13.2. The third kappa shape index (κ3) is 6.57. The van der Waals surface area contributed by atoms with Crippen molar-refractivity contribution in [1.29, 1.82) is 0 Å². The molecule has 2 heterocycles. The van der Waals surface area contributed by atoms with Crippen LogP contribution in [0.4, 0.5) is 0 Å². The van der Waals surface area contributed by atoms with Gasteiger partial charge in [-0.1, -0.05) is 30.3 Å². The SMILES string of the molecule is CN=C(NCC(Cc1ccccc1)N(C)C)N1CCOC(C2CCCO2)C1.I. The Morgan fingerprint density at radius 1 is 1.21 bits per heavy atom. The maximum atomic E-state index is 5.97. The molecule has 0 aliphatic carbocycles. The second-order valence-electron chi connectivity index (χ2n) is 7.64. The maximum absolute atomic E-state index is 5.97. The maximum Gasteiger partial charge on any atom is 0.193 e. The molecule has 2 fully saturated rings. The molecule has 158 valence electrons. The molecule has 0 aromatic heterocycles. The Balaban J connectivity index is 0.00000280. The quantitative estimate of drug-likeness (QED) is 0.368. The first-order valence-electron chi connectivity index (χ1n) is 10.1. The number of halogens is 1. The second-order valence-corrected chi connectivity index (χ2v) is 7.64. The topological polar surface area (TPSA) is 49.3 Å². The lowest BCUT2D eigenvalue weighted by Crippen LogP contribution is -2.55. The number of ether oxygens (including phenoxy) is 2. The van der Waals surface area contributed by atoms with E-state index in [1.807, 2.05) is 7.05 Å². The van der Waals surface area contributed by atoms with E-state index in [0.29, 0.717) is 6.04 Å². The Morgan fingerprint density at radius 2 is 1.96 bits per heavy atom. The standard InChI is InChI=1S/C21H34N4O2.HI/c1-22-21(25-11-13-27-20(16-25)19-10-7-12-26-19)23-15-18(24(2)3)14-17-8-5-4-6-9-17;/h4-6,8-9,18-20H,7,10-16H2,1-3H3,(H,22,23);1H. The van der Waals surface area contributed by atoms with E-state index >= 15 is 0 Å². The van der Waals surface area contributed by atoms with Gasteiger partial charge in [0.2, 0.25) is 0 Å². The molecular formula is C21H35IN4O2. The minimum atomic E-state index is 0. The van der Waals surface area contributed by atoms with Crippen molar-refractivity contribution in [3.05, 3.63) is 35.9 Å². The Kier molecular flexibility index (Phi) is 9.98. The molecule has 3 atom stereocenters. The van der Waals surface area contributed by atoms with Gasteiger partial charge in [0.05, 0.1) is 12.7 Å². The molecule has 28 heavy (non-hydrogen) atoms. The Labute approximate surface area is 186 Å². The van der Waals surface area contributed by atoms with Crippen LogP contribution in [0, 0.1) is 0 Å². The first-order valence-corrected chi connectivity index (χ1v) is 10.1. The molecule has 1 N–H and O–H groups in total. The number of hydrogen-bond acceptors (Lipinski definition) is 4. The number of likely N-dealkylation sites (N-methyl/N-ethyl adjacent to an activating group) is 1. The largest absolute Gasteiger partial charge is 0.375 e. The molecular weight excluding hydrogens is 467 g/mol. The molecule has 2 aliphatic rings. The van der Waals surface area contributed by atoms with E-state index in [-0.39, 0.29) is 36.2 Å². The number of nitrogens with zero attached hydrogens (tertiary/aromatic N) is 3. The van der Waals surface area contributed by atoms with Crippen LogP contribution in [-0.2, 0) is 15.9 Å². The predicted molar refractivity (Wildman–Crippen MR) is 125 cm³/mol. The third-order valence-electron chi connectivity index (χ3n) is 5.52. The molecule has 2 saturated heterocycles. The second kappa shape index (κ2) is 11.9. The lowest BCUT2D eigenvalue weighted by Gasteiger charge is -2.37. The molecule has 0 amide bonds. The lowest BCUT2D eigenvalue weighted by atomic mass is 10.1. The number of hydrogen-bond donors (Lipinski definition) is 1. The smallest absolute Gasteiger partial charge is 0.193 e. The van der Waals surface area contributed by atoms with Gasteiger partial charge in [0.25, 0.3) is 0 Å². The van der Waals surface area contributed by atoms with Crippen molar-refractivity contribution in [3.63, 3.8) is 0 Å². The predicted octanol–water partition coefficient (Wildman–Crippen LogP) is 2.23. The summed E-state index contributed by atoms with van der Waals surface area (Å²) in [6.45, 7) is 4.16. The van der Waals surface area contributed by atoms with Gasteiger partial charge in [-0.2, -0.15) is 0 Å². The fourth-order valence-electron chi connectivity index (χ4n) is 3.85. The summed E-state index contributed by atoms with van der Waals surface area (Å²) in [5.74, 6) is 0.959. The zero-order chi connectivity index (χ0) is 19.1. The molecule has 7 heteroatoms. The Hall–Kier alpha value is -0.900. The molecule has 3 rings (SSSR count). The average Bonchev–Trinajstić information content (AvgIpc) is 3.23. The van der Waals surface area contributed by atoms with E-state index in [9.17, 15) is 0 Å². The van der Waals surface area contributed by atoms with Crippen molar-refractivity contribution in [2.24, 2.45) is 4.99 Å². The van der Waals surface area contributed by atoms with Crippen molar-refractivity contribution < 1.29 is 9.47 Å². The highest BCUT2D eigenvalue weighted by Gasteiger charge is 2.32. The fourth-order valence-corrected chi connectivity index (χ4v) is 3.85. The molecule has 0 radical (unpaired) electrons. The normalized spacial score (nSPS) is 24.1. The van der Waals surface area contributed by atoms with E-state index in [4.69, 9.17) is 9.47 Å². The van der Waals surface area contributed by atoms with Crippen LogP contribution in [0.1, 0.15) is 18.4 Å². The number of morpholine rings is 1. The van der Waals surface area contributed by atoms with Gasteiger partial charge < -0.3 is 24.6 Å². The van der Waals surface area contributed by atoms with Crippen LogP contribution in [0.5, 0.6) is 0 Å². The number of guanidine groups is 1. The van der Waals surface area contributed by atoms with E-state index in [0.717, 1.165) is 58.1 Å². The van der Waals surface area contributed by atoms with Gasteiger partial charge in [-0.05, 0) is 38.9 Å². The van der Waals surface area contributed by atoms with Crippen LogP contribution in [-0.4, -0.2) is 88.0 Å². The lowest BCUT2D eigenvalue weighted by molar-refractivity contribution is -0.0817. The van der Waals surface area contributed by atoms with Crippen molar-refractivity contribution >= 4 is 29.9 Å². The number of benzene rings is 1. The molecule has 0 spiro atoms. The van der Waals surface area contributed by atoms with E-state index in [1.54, 1.807) is 0 Å². The van der Waals surface area contributed by atoms with Crippen molar-refractivity contribution in [1.82, 2.24) is 15.1 Å². The van der Waals surface area contributed by atoms with Crippen molar-refractivity contribution in [2.75, 3.05) is 54.0 Å². The molecule has 1 aromatic carbocycles. The molecule has 2 aliphatic heterocycles. The summed E-state index contributed by atoms with van der Waals surface area (Å²) in [5, 5.41) is 3.59. The highest BCUT2D eigenvalue weighted by Crippen LogP contribution is 2.21. The zero-order valence-electron chi connectivity index (χ0n) is 17.3. The van der Waals surface area contributed by atoms with Crippen molar-refractivity contribution in [3.8, 4) is 0 Å². The summed E-state index contributed by atoms with van der Waals surface area (Å²) in [7, 11) is 6.14. The highest BCUT2D eigenvalue weighted by atomic mass is 127. The summed E-state index contributed by atoms with van der Waals surface area (Å²) in [6.07, 6.45) is 3.64. The molecule has 0 saturated carbocycles. The van der Waals surface area contributed by atoms with Crippen LogP contribution in [0.25, 0.3) is 0 Å². The van der Waals surface area contributed by atoms with E-state index in [2.05, 4.69) is 64.5 Å². The summed E-state index contributed by atoms with van der Waals surface area (Å²) >= 11 is 0. The summed E-state index contributed by atoms with van der Waals surface area (Å²) < 4.78 is 11.8. The minimum Gasteiger partial charge on any atom is -0.375 e. The van der Waals surface area contributed by atoms with Gasteiger partial charge in [0.15, 0.2) is 5.96 Å². The average molecular weight is 502 g/mol. The highest BCUT2D eigenvalue weighted by molar-refractivity contribution is 14.0. The zero-order valence-corrected chi connectivity index (χ0v) is 19.7. The molecule has 3 unspecified atom stereocenters. The van der Waals surface area contributed by atoms with E-state index < -0.39 is 0 Å². The van der Waals surface area contributed by atoms with E-state index in [1.165, 1.54) is 5.56 Å². The van der Waals surface area contributed by atoms with Crippen LogP contribution in [0.15, 0.2) is 35.3 Å². The molecule has 1 aromatic rings. The summed E-state index contributed by atoms with van der Waals surface area (Å²) in [6, 6.07) is 11.1. The summed E-state index contributed by atoms with van der Waals surface area (Å²) in [5.41, 5.74) is 1.36. The molecule has 0 bridgehead atoms. The van der Waals surface area contributed by atoms with Gasteiger partial charge in [0.1, 0.15) is 6.10 Å².